The van der Waals surface area contributed by atoms with E-state index in [9.17, 15) is 9.90 Å². The Morgan fingerprint density at radius 1 is 0.974 bits per heavy atom. The summed E-state index contributed by atoms with van der Waals surface area (Å²) < 4.78 is 15.0. The molecule has 9 nitrogen and oxygen atoms in total. The van der Waals surface area contributed by atoms with E-state index in [1.807, 2.05) is 91.0 Å². The number of aromatic nitrogens is 4. The summed E-state index contributed by atoms with van der Waals surface area (Å²) in [6.45, 7) is -0.252. The number of aliphatic hydroxyl groups is 1. The Morgan fingerprint density at radius 3 is 2.05 bits per heavy atom. The summed E-state index contributed by atoms with van der Waals surface area (Å²) in [4.78, 5) is 23.3. The van der Waals surface area contributed by atoms with E-state index in [0.717, 1.165) is 16.7 Å². The van der Waals surface area contributed by atoms with Crippen LogP contribution in [0.25, 0.3) is 11.2 Å². The third-order valence-corrected chi connectivity index (χ3v) is 6.99. The number of benzene rings is 3. The van der Waals surface area contributed by atoms with Gasteiger partial charge in [-0.25, -0.2) is 4.98 Å². The topological polar surface area (TPSA) is 128 Å². The van der Waals surface area contributed by atoms with E-state index in [1.54, 1.807) is 4.57 Å². The van der Waals surface area contributed by atoms with Gasteiger partial charge in [0.05, 0.1) is 19.0 Å². The van der Waals surface area contributed by atoms with E-state index < -0.39 is 29.6 Å². The molecule has 38 heavy (non-hydrogen) atoms. The molecule has 0 spiro atoms. The van der Waals surface area contributed by atoms with Gasteiger partial charge in [-0.15, -0.1) is 0 Å². The van der Waals surface area contributed by atoms with Crippen molar-refractivity contribution in [2.24, 2.45) is 0 Å². The lowest BCUT2D eigenvalue weighted by Gasteiger charge is -2.39. The fraction of sp³-hybridized carbons (Fsp3) is 0.207. The van der Waals surface area contributed by atoms with Gasteiger partial charge in [0.1, 0.15) is 17.9 Å². The van der Waals surface area contributed by atoms with Crippen molar-refractivity contribution in [1.29, 1.82) is 0 Å². The molecular formula is C29H27N5O4. The molecule has 1 unspecified atom stereocenters. The van der Waals surface area contributed by atoms with Crippen LogP contribution in [0.1, 0.15) is 29.3 Å². The summed E-state index contributed by atoms with van der Waals surface area (Å²) in [7, 11) is 0. The quantitative estimate of drug-likeness (QED) is 0.287. The number of hydrogen-bond acceptors (Lipinski definition) is 7. The van der Waals surface area contributed by atoms with E-state index in [2.05, 4.69) is 15.0 Å². The number of nitrogen functional groups attached to an aromatic ring is 1. The predicted molar refractivity (Wildman–Crippen MR) is 142 cm³/mol. The van der Waals surface area contributed by atoms with Gasteiger partial charge in [0, 0.05) is 6.42 Å². The third-order valence-electron chi connectivity index (χ3n) is 6.99. The number of nitrogens with two attached hydrogens (primary N) is 1. The van der Waals surface area contributed by atoms with Crippen LogP contribution in [0.15, 0.2) is 102 Å². The predicted octanol–water partition coefficient (Wildman–Crippen LogP) is 3.36. The highest BCUT2D eigenvalue weighted by molar-refractivity contribution is 5.70. The smallest absolute Gasteiger partial charge is 0.280 e. The number of rotatable bonds is 7. The zero-order valence-electron chi connectivity index (χ0n) is 20.5. The van der Waals surface area contributed by atoms with Crippen molar-refractivity contribution >= 4 is 17.1 Å². The van der Waals surface area contributed by atoms with E-state index >= 15 is 0 Å². The van der Waals surface area contributed by atoms with Gasteiger partial charge in [0.2, 0.25) is 5.95 Å². The van der Waals surface area contributed by atoms with Gasteiger partial charge in [0.15, 0.2) is 11.2 Å². The summed E-state index contributed by atoms with van der Waals surface area (Å²) in [5.74, 6) is -0.00925. The molecule has 3 heterocycles. The van der Waals surface area contributed by atoms with E-state index in [-0.39, 0.29) is 18.1 Å². The van der Waals surface area contributed by atoms with Gasteiger partial charge in [-0.3, -0.25) is 14.3 Å². The minimum Gasteiger partial charge on any atom is -0.394 e. The number of fused-ring (bicyclic) bond motifs is 1. The highest BCUT2D eigenvalue weighted by Crippen LogP contribution is 2.45. The zero-order chi connectivity index (χ0) is 26.1. The maximum Gasteiger partial charge on any atom is 0.280 e. The monoisotopic (exact) mass is 509 g/mol. The van der Waals surface area contributed by atoms with Gasteiger partial charge in [-0.2, -0.15) is 4.98 Å². The molecule has 0 aliphatic carbocycles. The average Bonchev–Trinajstić information content (AvgIpc) is 3.57. The highest BCUT2D eigenvalue weighted by atomic mass is 16.6. The van der Waals surface area contributed by atoms with Gasteiger partial charge in [0.25, 0.3) is 5.56 Å². The first-order chi connectivity index (χ1) is 18.6. The van der Waals surface area contributed by atoms with Crippen molar-refractivity contribution in [1.82, 2.24) is 19.5 Å². The lowest BCUT2D eigenvalue weighted by atomic mass is 9.79. The molecule has 5 aromatic rings. The zero-order valence-corrected chi connectivity index (χ0v) is 20.5. The molecule has 0 saturated carbocycles. The fourth-order valence-electron chi connectivity index (χ4n) is 5.26. The molecule has 2 aromatic heterocycles. The molecule has 3 atom stereocenters. The first-order valence-corrected chi connectivity index (χ1v) is 12.4. The molecule has 3 aromatic carbocycles. The van der Waals surface area contributed by atoms with Gasteiger partial charge in [-0.05, 0) is 16.7 Å². The Balaban J connectivity index is 1.46. The largest absolute Gasteiger partial charge is 0.394 e. The molecule has 0 amide bonds. The van der Waals surface area contributed by atoms with Crippen molar-refractivity contribution < 1.29 is 14.6 Å². The number of nitrogens with zero attached hydrogens (tertiary/aromatic N) is 3. The second-order valence-electron chi connectivity index (χ2n) is 9.26. The van der Waals surface area contributed by atoms with Crippen LogP contribution >= 0.6 is 0 Å². The van der Waals surface area contributed by atoms with Crippen molar-refractivity contribution in [3.8, 4) is 0 Å². The Kier molecular flexibility index (Phi) is 6.24. The first kappa shape index (κ1) is 24.1. The number of hydrogen-bond donors (Lipinski definition) is 3. The number of aromatic amines is 1. The molecule has 1 aliphatic heterocycles. The van der Waals surface area contributed by atoms with Crippen molar-refractivity contribution in [3.05, 3.63) is 124 Å². The number of imidazole rings is 1. The minimum absolute atomic E-state index is 0.00925. The second-order valence-corrected chi connectivity index (χ2v) is 9.26. The molecule has 6 rings (SSSR count). The van der Waals surface area contributed by atoms with E-state index in [0.29, 0.717) is 12.1 Å². The van der Waals surface area contributed by atoms with Crippen molar-refractivity contribution in [2.45, 2.75) is 30.5 Å². The molecule has 1 saturated heterocycles. The van der Waals surface area contributed by atoms with Crippen molar-refractivity contribution in [3.63, 3.8) is 0 Å². The summed E-state index contributed by atoms with van der Waals surface area (Å²) >= 11 is 0. The molecule has 192 valence electrons. The maximum atomic E-state index is 12.3. The number of nitrogens with one attached hydrogen (secondary N) is 1. The Bertz CT molecular complexity index is 1490. The van der Waals surface area contributed by atoms with Crippen LogP contribution < -0.4 is 11.3 Å². The molecule has 4 N–H and O–H groups in total. The lowest BCUT2D eigenvalue weighted by molar-refractivity contribution is -0.0988. The van der Waals surface area contributed by atoms with Crippen LogP contribution in [0.4, 0.5) is 5.95 Å². The molecular weight excluding hydrogens is 482 g/mol. The number of H-pyrrole nitrogens is 1. The van der Waals surface area contributed by atoms with Crippen LogP contribution in [0.5, 0.6) is 0 Å². The van der Waals surface area contributed by atoms with Gasteiger partial charge >= 0.3 is 0 Å². The number of anilines is 1. The van der Waals surface area contributed by atoms with Crippen LogP contribution in [0, 0.1) is 0 Å². The molecule has 1 fully saturated rings. The second kappa shape index (κ2) is 9.86. The third kappa shape index (κ3) is 4.06. The summed E-state index contributed by atoms with van der Waals surface area (Å²) in [6.07, 6.45) is 0.178. The molecule has 0 bridgehead atoms. The Hall–Kier alpha value is -4.31. The van der Waals surface area contributed by atoms with Crippen LogP contribution in [-0.2, 0) is 15.1 Å². The Morgan fingerprint density at radius 2 is 1.53 bits per heavy atom. The van der Waals surface area contributed by atoms with E-state index in [1.165, 1.54) is 6.33 Å². The van der Waals surface area contributed by atoms with Crippen LogP contribution in [0.3, 0.4) is 0 Å². The maximum absolute atomic E-state index is 12.3. The average molecular weight is 510 g/mol. The standard InChI is InChI=1S/C29H27N5O4/c30-28-32-26-25(27(36)33-28)31-18-34(26)24-16-22(23(17-35)37-24)38-29(19-10-4-1-5-11-19,20-12-6-2-7-13-20)21-14-8-3-9-15-21/h1-15,18,22-24,35H,16-17H2,(H3,30,32,33,36)/t22?,23-,24-/m1/s1. The van der Waals surface area contributed by atoms with Crippen molar-refractivity contribution in [2.75, 3.05) is 12.3 Å². The first-order valence-electron chi connectivity index (χ1n) is 12.4. The fourth-order valence-corrected chi connectivity index (χ4v) is 5.26. The normalized spacial score (nSPS) is 19.7. The SMILES string of the molecule is Nc1nc2c(ncn2[C@H]2CC(OC(c3ccccc3)(c3ccccc3)c3ccccc3)[C@@H](CO)O2)c(=O)[nH]1. The summed E-state index contributed by atoms with van der Waals surface area (Å²) in [5, 5.41) is 10.3. The van der Waals surface area contributed by atoms with Crippen LogP contribution in [-0.4, -0.2) is 43.4 Å². The van der Waals surface area contributed by atoms with Gasteiger partial charge < -0.3 is 20.3 Å². The van der Waals surface area contributed by atoms with Crippen LogP contribution in [0.2, 0.25) is 0 Å². The minimum atomic E-state index is -0.975. The van der Waals surface area contributed by atoms with Gasteiger partial charge in [-0.1, -0.05) is 91.0 Å². The molecule has 0 radical (unpaired) electrons. The number of ether oxygens (including phenoxy) is 2. The molecule has 9 heteroatoms. The summed E-state index contributed by atoms with van der Waals surface area (Å²) in [5.41, 5.74) is 7.73. The lowest BCUT2D eigenvalue weighted by Crippen LogP contribution is -2.40. The van der Waals surface area contributed by atoms with E-state index in [4.69, 9.17) is 15.2 Å². The highest BCUT2D eigenvalue weighted by Gasteiger charge is 2.46. The Labute approximate surface area is 218 Å². The summed E-state index contributed by atoms with van der Waals surface area (Å²) in [6, 6.07) is 30.1. The molecule has 1 aliphatic rings. The number of aliphatic hydroxyl groups excluding tert-OH is 1.